The number of nitrogens with zero attached hydrogens (tertiary/aromatic N) is 1. The topological polar surface area (TPSA) is 83.6 Å². The lowest BCUT2D eigenvalue weighted by Gasteiger charge is -2.30. The fourth-order valence-electron chi connectivity index (χ4n) is 2.45. The van der Waals surface area contributed by atoms with E-state index in [1.165, 1.54) is 0 Å². The highest BCUT2D eigenvalue weighted by Crippen LogP contribution is 2.25. The number of aliphatic carboxylic acids is 1. The summed E-state index contributed by atoms with van der Waals surface area (Å²) in [6, 6.07) is 0. The number of carbonyl (C=O) groups is 2. The van der Waals surface area contributed by atoms with Crippen LogP contribution in [-0.2, 0) is 9.59 Å². The monoisotopic (exact) mass is 256 g/mol. The summed E-state index contributed by atoms with van der Waals surface area (Å²) in [6.07, 6.45) is 3.00. The quantitative estimate of drug-likeness (QED) is 0.748. The van der Waals surface area contributed by atoms with Gasteiger partial charge in [-0.2, -0.15) is 0 Å². The van der Waals surface area contributed by atoms with Crippen LogP contribution in [0.1, 0.15) is 46.0 Å². The zero-order valence-corrected chi connectivity index (χ0v) is 11.3. The maximum Gasteiger partial charge on any atom is 0.303 e. The number of hydrogen-bond donors (Lipinski definition) is 2. The Bertz CT molecular complexity index is 313. The van der Waals surface area contributed by atoms with E-state index < -0.39 is 11.5 Å². The molecule has 1 aliphatic heterocycles. The van der Waals surface area contributed by atoms with Gasteiger partial charge in [-0.15, -0.1) is 0 Å². The summed E-state index contributed by atoms with van der Waals surface area (Å²) in [5, 5.41) is 8.65. The SMILES string of the molecule is CCC(N)(CC)C(=O)N1CCC(CCC(=O)O)C1. The van der Waals surface area contributed by atoms with Crippen LogP contribution in [0.2, 0.25) is 0 Å². The second-order valence-electron chi connectivity index (χ2n) is 5.20. The van der Waals surface area contributed by atoms with Gasteiger partial charge in [0, 0.05) is 19.5 Å². The molecule has 1 heterocycles. The average molecular weight is 256 g/mol. The Balaban J connectivity index is 2.51. The number of likely N-dealkylation sites (tertiary alicyclic amines) is 1. The van der Waals surface area contributed by atoms with E-state index in [1.54, 1.807) is 4.90 Å². The molecule has 1 aliphatic rings. The molecule has 5 heteroatoms. The molecule has 1 rings (SSSR count). The molecule has 0 aromatic heterocycles. The van der Waals surface area contributed by atoms with Gasteiger partial charge in [-0.1, -0.05) is 13.8 Å². The molecule has 1 unspecified atom stereocenters. The third kappa shape index (κ3) is 3.45. The molecule has 1 fully saturated rings. The van der Waals surface area contributed by atoms with Crippen LogP contribution < -0.4 is 5.73 Å². The number of amides is 1. The molecule has 1 amide bonds. The first-order valence-corrected chi connectivity index (χ1v) is 6.73. The lowest BCUT2D eigenvalue weighted by Crippen LogP contribution is -2.54. The number of rotatable bonds is 6. The molecule has 18 heavy (non-hydrogen) atoms. The van der Waals surface area contributed by atoms with Gasteiger partial charge in [0.05, 0.1) is 5.54 Å². The summed E-state index contributed by atoms with van der Waals surface area (Å²) in [5.74, 6) is -0.441. The molecular formula is C13H24N2O3. The first-order chi connectivity index (χ1) is 8.42. The standard InChI is InChI=1S/C13H24N2O3/c1-3-13(14,4-2)12(18)15-8-7-10(9-15)5-6-11(16)17/h10H,3-9,14H2,1-2H3,(H,16,17). The van der Waals surface area contributed by atoms with Crippen LogP contribution in [0.4, 0.5) is 0 Å². The van der Waals surface area contributed by atoms with Crippen LogP contribution >= 0.6 is 0 Å². The highest BCUT2D eigenvalue weighted by molar-refractivity contribution is 5.86. The Morgan fingerprint density at radius 1 is 1.39 bits per heavy atom. The summed E-state index contributed by atoms with van der Waals surface area (Å²) in [4.78, 5) is 24.6. The van der Waals surface area contributed by atoms with Crippen LogP contribution in [-0.4, -0.2) is 40.5 Å². The first kappa shape index (κ1) is 15.0. The Morgan fingerprint density at radius 2 is 2.00 bits per heavy atom. The molecule has 0 bridgehead atoms. The van der Waals surface area contributed by atoms with E-state index in [-0.39, 0.29) is 12.3 Å². The normalized spacial score (nSPS) is 20.2. The van der Waals surface area contributed by atoms with E-state index in [9.17, 15) is 9.59 Å². The van der Waals surface area contributed by atoms with Crippen molar-refractivity contribution in [3.8, 4) is 0 Å². The van der Waals surface area contributed by atoms with E-state index in [1.807, 2.05) is 13.8 Å². The Labute approximate surface area is 108 Å². The predicted octanol–water partition coefficient (Wildman–Crippen LogP) is 1.22. The van der Waals surface area contributed by atoms with Crippen molar-refractivity contribution in [3.63, 3.8) is 0 Å². The van der Waals surface area contributed by atoms with E-state index in [4.69, 9.17) is 10.8 Å². The lowest BCUT2D eigenvalue weighted by atomic mass is 9.92. The minimum atomic E-state index is -0.768. The van der Waals surface area contributed by atoms with Crippen molar-refractivity contribution in [2.75, 3.05) is 13.1 Å². The first-order valence-electron chi connectivity index (χ1n) is 6.73. The van der Waals surface area contributed by atoms with Crippen molar-refractivity contribution in [2.24, 2.45) is 11.7 Å². The summed E-state index contributed by atoms with van der Waals surface area (Å²) in [7, 11) is 0. The summed E-state index contributed by atoms with van der Waals surface area (Å²) in [6.45, 7) is 5.23. The van der Waals surface area contributed by atoms with Gasteiger partial charge < -0.3 is 15.7 Å². The minimum Gasteiger partial charge on any atom is -0.481 e. The van der Waals surface area contributed by atoms with Crippen LogP contribution in [0, 0.1) is 5.92 Å². The molecule has 1 atom stereocenters. The van der Waals surface area contributed by atoms with E-state index >= 15 is 0 Å². The van der Waals surface area contributed by atoms with Gasteiger partial charge >= 0.3 is 5.97 Å². The van der Waals surface area contributed by atoms with Gasteiger partial charge in [-0.05, 0) is 31.6 Å². The van der Waals surface area contributed by atoms with Crippen LogP contribution in [0.5, 0.6) is 0 Å². The molecule has 0 aromatic carbocycles. The fourth-order valence-corrected chi connectivity index (χ4v) is 2.45. The van der Waals surface area contributed by atoms with Gasteiger partial charge in [0.2, 0.25) is 5.91 Å². The van der Waals surface area contributed by atoms with Crippen molar-refractivity contribution >= 4 is 11.9 Å². The molecule has 3 N–H and O–H groups in total. The fraction of sp³-hybridized carbons (Fsp3) is 0.846. The maximum absolute atomic E-state index is 12.3. The molecule has 5 nitrogen and oxygen atoms in total. The number of hydrogen-bond acceptors (Lipinski definition) is 3. The van der Waals surface area contributed by atoms with E-state index in [0.717, 1.165) is 6.42 Å². The number of nitrogens with two attached hydrogens (primary N) is 1. The Hall–Kier alpha value is -1.10. The third-order valence-corrected chi connectivity index (χ3v) is 4.03. The summed E-state index contributed by atoms with van der Waals surface area (Å²) < 4.78 is 0. The van der Waals surface area contributed by atoms with Gasteiger partial charge in [-0.25, -0.2) is 0 Å². The second kappa shape index (κ2) is 6.18. The van der Waals surface area contributed by atoms with Crippen molar-refractivity contribution in [2.45, 2.75) is 51.5 Å². The zero-order valence-electron chi connectivity index (χ0n) is 11.3. The summed E-state index contributed by atoms with van der Waals surface area (Å²) in [5.41, 5.74) is 5.35. The lowest BCUT2D eigenvalue weighted by molar-refractivity contribution is -0.137. The number of carboxylic acid groups (broad SMARTS) is 1. The molecule has 0 spiro atoms. The molecule has 0 aliphatic carbocycles. The van der Waals surface area contributed by atoms with Crippen molar-refractivity contribution in [1.29, 1.82) is 0 Å². The second-order valence-corrected chi connectivity index (χ2v) is 5.20. The highest BCUT2D eigenvalue weighted by Gasteiger charge is 2.37. The van der Waals surface area contributed by atoms with Gasteiger partial charge in [-0.3, -0.25) is 9.59 Å². The molecular weight excluding hydrogens is 232 g/mol. The molecule has 0 saturated carbocycles. The van der Waals surface area contributed by atoms with E-state index in [2.05, 4.69) is 0 Å². The van der Waals surface area contributed by atoms with Crippen molar-refractivity contribution in [1.82, 2.24) is 4.90 Å². The van der Waals surface area contributed by atoms with E-state index in [0.29, 0.717) is 38.3 Å². The van der Waals surface area contributed by atoms with Gasteiger partial charge in [0.1, 0.15) is 0 Å². The molecule has 0 radical (unpaired) electrons. The molecule has 1 saturated heterocycles. The number of carbonyl (C=O) groups excluding carboxylic acids is 1. The Kier molecular flexibility index (Phi) is 5.14. The minimum absolute atomic E-state index is 0.0188. The average Bonchev–Trinajstić information content (AvgIpc) is 2.83. The van der Waals surface area contributed by atoms with Crippen molar-refractivity contribution < 1.29 is 14.7 Å². The van der Waals surface area contributed by atoms with Crippen LogP contribution in [0.25, 0.3) is 0 Å². The van der Waals surface area contributed by atoms with Crippen LogP contribution in [0.15, 0.2) is 0 Å². The summed E-state index contributed by atoms with van der Waals surface area (Å²) >= 11 is 0. The van der Waals surface area contributed by atoms with Gasteiger partial charge in [0.25, 0.3) is 0 Å². The van der Waals surface area contributed by atoms with Crippen LogP contribution in [0.3, 0.4) is 0 Å². The highest BCUT2D eigenvalue weighted by atomic mass is 16.4. The Morgan fingerprint density at radius 3 is 2.50 bits per heavy atom. The number of carboxylic acids is 1. The zero-order chi connectivity index (χ0) is 13.8. The maximum atomic E-state index is 12.3. The third-order valence-electron chi connectivity index (χ3n) is 4.03. The molecule has 0 aromatic rings. The van der Waals surface area contributed by atoms with Gasteiger partial charge in [0.15, 0.2) is 0 Å². The molecule has 104 valence electrons. The smallest absolute Gasteiger partial charge is 0.303 e. The largest absolute Gasteiger partial charge is 0.481 e. The van der Waals surface area contributed by atoms with Crippen molar-refractivity contribution in [3.05, 3.63) is 0 Å². The predicted molar refractivity (Wildman–Crippen MR) is 69.1 cm³/mol.